The summed E-state index contributed by atoms with van der Waals surface area (Å²) in [5.41, 5.74) is 5.03. The van der Waals surface area contributed by atoms with Gasteiger partial charge in [0, 0.05) is 12.6 Å². The smallest absolute Gasteiger partial charge is 0.351 e. The van der Waals surface area contributed by atoms with Crippen molar-refractivity contribution < 1.29 is 9.47 Å². The molecule has 2 fully saturated rings. The van der Waals surface area contributed by atoms with Gasteiger partial charge in [0.25, 0.3) is 0 Å². The van der Waals surface area contributed by atoms with Crippen molar-refractivity contribution in [2.45, 2.75) is 24.9 Å². The maximum atomic E-state index is 11.5. The van der Waals surface area contributed by atoms with E-state index in [1.54, 1.807) is 12.3 Å². The molecule has 0 amide bonds. The number of nitrogens with zero attached hydrogens (tertiary/aromatic N) is 2. The van der Waals surface area contributed by atoms with Gasteiger partial charge >= 0.3 is 5.69 Å². The van der Waals surface area contributed by atoms with Gasteiger partial charge in [-0.05, 0) is 6.07 Å². The molecule has 3 atom stereocenters. The molecule has 0 spiro atoms. The zero-order valence-electron chi connectivity index (χ0n) is 8.00. The van der Waals surface area contributed by atoms with Crippen molar-refractivity contribution in [1.82, 2.24) is 9.55 Å². The summed E-state index contributed by atoms with van der Waals surface area (Å²) in [7, 11) is 0. The zero-order valence-corrected chi connectivity index (χ0v) is 8.00. The number of aromatic nitrogens is 2. The van der Waals surface area contributed by atoms with Gasteiger partial charge in [0.15, 0.2) is 0 Å². The number of nitrogen functional groups attached to an aromatic ring is 1. The number of anilines is 1. The first-order chi connectivity index (χ1) is 7.24. The van der Waals surface area contributed by atoms with Crippen LogP contribution in [0.25, 0.3) is 0 Å². The summed E-state index contributed by atoms with van der Waals surface area (Å²) in [6, 6.07) is 1.59. The Morgan fingerprint density at radius 2 is 2.40 bits per heavy atom. The Hall–Kier alpha value is -1.40. The third-order valence-corrected chi connectivity index (χ3v) is 2.82. The van der Waals surface area contributed by atoms with Gasteiger partial charge in [0.05, 0.1) is 12.7 Å². The molecule has 3 heterocycles. The molecule has 1 aromatic heterocycles. The fourth-order valence-electron chi connectivity index (χ4n) is 1.94. The van der Waals surface area contributed by atoms with Crippen LogP contribution in [0.4, 0.5) is 5.82 Å². The van der Waals surface area contributed by atoms with E-state index in [0.717, 1.165) is 0 Å². The molecule has 6 heteroatoms. The van der Waals surface area contributed by atoms with Gasteiger partial charge in [0.1, 0.15) is 18.1 Å². The second kappa shape index (κ2) is 3.04. The van der Waals surface area contributed by atoms with Crippen LogP contribution in [-0.4, -0.2) is 28.4 Å². The summed E-state index contributed by atoms with van der Waals surface area (Å²) >= 11 is 0. The molecular weight excluding hydrogens is 198 g/mol. The highest BCUT2D eigenvalue weighted by atomic mass is 16.6. The molecule has 0 saturated carbocycles. The van der Waals surface area contributed by atoms with E-state index in [2.05, 4.69) is 4.98 Å². The van der Waals surface area contributed by atoms with Gasteiger partial charge in [-0.2, -0.15) is 4.98 Å². The molecule has 0 radical (unpaired) electrons. The summed E-state index contributed by atoms with van der Waals surface area (Å²) in [4.78, 5) is 15.2. The molecule has 2 saturated heterocycles. The number of fused-ring (bicyclic) bond motifs is 1. The van der Waals surface area contributed by atoms with E-state index in [0.29, 0.717) is 13.0 Å². The van der Waals surface area contributed by atoms with Gasteiger partial charge in [-0.3, -0.25) is 4.57 Å². The van der Waals surface area contributed by atoms with Crippen molar-refractivity contribution in [2.24, 2.45) is 0 Å². The zero-order chi connectivity index (χ0) is 10.4. The van der Waals surface area contributed by atoms with Crippen LogP contribution in [0.3, 0.4) is 0 Å². The summed E-state index contributed by atoms with van der Waals surface area (Å²) < 4.78 is 12.4. The Balaban J connectivity index is 1.90. The Kier molecular flexibility index (Phi) is 1.80. The number of nitrogens with two attached hydrogens (primary N) is 1. The average molecular weight is 209 g/mol. The molecule has 1 aromatic rings. The van der Waals surface area contributed by atoms with Crippen LogP contribution in [0.1, 0.15) is 12.6 Å². The van der Waals surface area contributed by atoms with Gasteiger partial charge in [-0.25, -0.2) is 4.79 Å². The maximum Gasteiger partial charge on any atom is 0.351 e. The lowest BCUT2D eigenvalue weighted by Gasteiger charge is -2.28. The second-order valence-electron chi connectivity index (χ2n) is 3.78. The highest BCUT2D eigenvalue weighted by molar-refractivity contribution is 5.23. The van der Waals surface area contributed by atoms with Gasteiger partial charge in [0.2, 0.25) is 0 Å². The van der Waals surface area contributed by atoms with E-state index in [1.807, 2.05) is 0 Å². The molecule has 2 N–H and O–H groups in total. The van der Waals surface area contributed by atoms with Gasteiger partial charge < -0.3 is 15.2 Å². The van der Waals surface area contributed by atoms with Crippen molar-refractivity contribution in [1.29, 1.82) is 0 Å². The van der Waals surface area contributed by atoms with Gasteiger partial charge in [-0.15, -0.1) is 0 Å². The quantitative estimate of drug-likeness (QED) is 0.675. The van der Waals surface area contributed by atoms with E-state index in [9.17, 15) is 4.79 Å². The second-order valence-corrected chi connectivity index (χ2v) is 3.78. The first-order valence-electron chi connectivity index (χ1n) is 4.86. The van der Waals surface area contributed by atoms with Gasteiger partial charge in [-0.1, -0.05) is 0 Å². The Morgan fingerprint density at radius 1 is 1.53 bits per heavy atom. The van der Waals surface area contributed by atoms with Crippen molar-refractivity contribution in [3.8, 4) is 0 Å². The summed E-state index contributed by atoms with van der Waals surface area (Å²) in [5, 5.41) is 0. The molecule has 0 aliphatic carbocycles. The lowest BCUT2D eigenvalue weighted by Crippen LogP contribution is -2.40. The Bertz CT molecular complexity index is 432. The third kappa shape index (κ3) is 1.33. The van der Waals surface area contributed by atoms with Crippen LogP contribution in [-0.2, 0) is 9.47 Å². The molecule has 2 aliphatic rings. The van der Waals surface area contributed by atoms with Crippen LogP contribution < -0.4 is 11.4 Å². The normalized spacial score (nSPS) is 33.5. The molecule has 15 heavy (non-hydrogen) atoms. The average Bonchev–Trinajstić information content (AvgIpc) is 2.44. The molecule has 6 nitrogen and oxygen atoms in total. The van der Waals surface area contributed by atoms with Crippen LogP contribution in [0.5, 0.6) is 0 Å². The highest BCUT2D eigenvalue weighted by Crippen LogP contribution is 2.35. The molecule has 80 valence electrons. The van der Waals surface area contributed by atoms with Crippen molar-refractivity contribution in [2.75, 3.05) is 12.3 Å². The SMILES string of the molecule is Nc1ccn([C@@H]2C[C@H]3OC[C@@H]3O2)c(=O)n1. The first kappa shape index (κ1) is 8.87. The lowest BCUT2D eigenvalue weighted by molar-refractivity contribution is -0.149. The largest absolute Gasteiger partial charge is 0.383 e. The summed E-state index contributed by atoms with van der Waals surface area (Å²) in [6.07, 6.45) is 2.33. The number of ether oxygens (including phenoxy) is 2. The Morgan fingerprint density at radius 3 is 2.93 bits per heavy atom. The first-order valence-corrected chi connectivity index (χ1v) is 4.86. The van der Waals surface area contributed by atoms with E-state index in [4.69, 9.17) is 15.2 Å². The summed E-state index contributed by atoms with van der Waals surface area (Å²) in [5.74, 6) is 0.230. The molecule has 0 bridgehead atoms. The minimum Gasteiger partial charge on any atom is -0.383 e. The number of hydrogen-bond acceptors (Lipinski definition) is 5. The van der Waals surface area contributed by atoms with Crippen LogP contribution in [0.2, 0.25) is 0 Å². The van der Waals surface area contributed by atoms with E-state index >= 15 is 0 Å². The number of hydrogen-bond donors (Lipinski definition) is 1. The molecule has 3 rings (SSSR count). The van der Waals surface area contributed by atoms with E-state index in [-0.39, 0.29) is 29.9 Å². The van der Waals surface area contributed by atoms with Crippen LogP contribution in [0, 0.1) is 0 Å². The topological polar surface area (TPSA) is 79.4 Å². The van der Waals surface area contributed by atoms with Crippen LogP contribution in [0.15, 0.2) is 17.1 Å². The monoisotopic (exact) mass is 209 g/mol. The summed E-state index contributed by atoms with van der Waals surface area (Å²) in [6.45, 7) is 0.623. The van der Waals surface area contributed by atoms with Crippen LogP contribution >= 0.6 is 0 Å². The fraction of sp³-hybridized carbons (Fsp3) is 0.556. The minimum atomic E-state index is -0.374. The predicted molar refractivity (Wildman–Crippen MR) is 51.2 cm³/mol. The molecular formula is C9H11N3O3. The highest BCUT2D eigenvalue weighted by Gasteiger charge is 2.43. The van der Waals surface area contributed by atoms with Crippen molar-refractivity contribution in [3.05, 3.63) is 22.7 Å². The van der Waals surface area contributed by atoms with E-state index in [1.165, 1.54) is 4.57 Å². The van der Waals surface area contributed by atoms with E-state index < -0.39 is 0 Å². The predicted octanol–water partition coefficient (Wildman–Crippen LogP) is -0.488. The molecule has 0 unspecified atom stereocenters. The standard InChI is InChI=1S/C9H11N3O3/c10-7-1-2-12(9(13)11-7)8-3-5-6(15-8)4-14-5/h1-2,5-6,8H,3-4H2,(H2,10,11,13)/t5-,6+,8+/m1/s1. The lowest BCUT2D eigenvalue weighted by atomic mass is 10.1. The minimum absolute atomic E-state index is 0.138. The van der Waals surface area contributed by atoms with Crippen molar-refractivity contribution >= 4 is 5.82 Å². The van der Waals surface area contributed by atoms with Crippen molar-refractivity contribution in [3.63, 3.8) is 0 Å². The molecule has 0 aromatic carbocycles. The Labute approximate surface area is 85.6 Å². The fourth-order valence-corrected chi connectivity index (χ4v) is 1.94. The maximum absolute atomic E-state index is 11.5. The molecule has 2 aliphatic heterocycles. The third-order valence-electron chi connectivity index (χ3n) is 2.82. The number of rotatable bonds is 1.